The molecule has 0 spiro atoms. The Morgan fingerprint density at radius 3 is 2.70 bits per heavy atom. The van der Waals surface area contributed by atoms with Crippen molar-refractivity contribution >= 4 is 11.5 Å². The van der Waals surface area contributed by atoms with Crippen molar-refractivity contribution in [2.75, 3.05) is 19.7 Å². The Hall–Kier alpha value is -4.52. The Morgan fingerprint density at radius 2 is 1.90 bits per heavy atom. The predicted molar refractivity (Wildman–Crippen MR) is 150 cm³/mol. The molecule has 1 aromatic heterocycles. The molecule has 9 nitrogen and oxygen atoms in total. The van der Waals surface area contributed by atoms with Crippen LogP contribution in [0.1, 0.15) is 36.0 Å². The zero-order chi connectivity index (χ0) is 27.9. The minimum atomic E-state index is -0.824. The molecule has 2 unspecified atom stereocenters. The van der Waals surface area contributed by atoms with Crippen molar-refractivity contribution in [1.82, 2.24) is 19.8 Å². The summed E-state index contributed by atoms with van der Waals surface area (Å²) in [6.07, 6.45) is 11.0. The van der Waals surface area contributed by atoms with Crippen molar-refractivity contribution < 1.29 is 19.7 Å². The molecule has 0 bridgehead atoms. The number of rotatable bonds is 9. The molecule has 2 N–H and O–H groups in total. The number of nitrogens with zero attached hydrogens (tertiary/aromatic N) is 5. The number of aromatic nitrogens is 2. The minimum absolute atomic E-state index is 0.0238. The highest BCUT2D eigenvalue weighted by atomic mass is 16.5. The van der Waals surface area contributed by atoms with E-state index in [-0.39, 0.29) is 12.6 Å². The average molecular weight is 538 g/mol. The van der Waals surface area contributed by atoms with Crippen LogP contribution in [0.15, 0.2) is 79.3 Å². The Bertz CT molecular complexity index is 1450. The van der Waals surface area contributed by atoms with Crippen LogP contribution < -0.4 is 4.74 Å². The Morgan fingerprint density at radius 1 is 1.10 bits per heavy atom. The number of ether oxygens (including phenoxy) is 1. The fourth-order valence-corrected chi connectivity index (χ4v) is 5.06. The van der Waals surface area contributed by atoms with Gasteiger partial charge in [0, 0.05) is 24.4 Å². The summed E-state index contributed by atoms with van der Waals surface area (Å²) < 4.78 is 5.92. The first-order chi connectivity index (χ1) is 19.5. The summed E-state index contributed by atoms with van der Waals surface area (Å²) in [5.41, 5.74) is 4.24. The molecule has 2 aliphatic rings. The fourth-order valence-electron chi connectivity index (χ4n) is 5.06. The molecule has 1 fully saturated rings. The summed E-state index contributed by atoms with van der Waals surface area (Å²) in [6, 6.07) is 17.5. The third-order valence-electron chi connectivity index (χ3n) is 7.13. The number of allylic oxidation sites excluding steroid dienone is 2. The molecule has 0 amide bonds. The molecular weight excluding hydrogens is 506 g/mol. The molecule has 2 aliphatic heterocycles. The van der Waals surface area contributed by atoms with Crippen molar-refractivity contribution in [2.24, 2.45) is 0 Å². The molecule has 5 rings (SSSR count). The highest BCUT2D eigenvalue weighted by Gasteiger charge is 2.25. The second kappa shape index (κ2) is 12.6. The van der Waals surface area contributed by atoms with Crippen LogP contribution in [0, 0.1) is 11.3 Å². The Kier molecular flexibility index (Phi) is 8.50. The first kappa shape index (κ1) is 27.1. The number of carboxylic acid groups (broad SMARTS) is 1. The largest absolute Gasteiger partial charge is 0.489 e. The standard InChI is InChI=1S/C31H31N5O4/c32-15-22-5-3-7-24(13-22)26-10-11-29(37)36(19-26)18-23-6-4-8-25(14-23)31-33-16-28(17-34-31)40-21-27-9-1-2-12-35(27)20-30(38)39/h3-8,10-11,13-14,16-17,19,27,29,37H,1-2,9,12,18,20-21H2,(H,38,39). The van der Waals surface area contributed by atoms with Crippen LogP contribution in [-0.4, -0.2) is 67.9 Å². The van der Waals surface area contributed by atoms with Gasteiger partial charge >= 0.3 is 5.97 Å². The smallest absolute Gasteiger partial charge is 0.317 e. The van der Waals surface area contributed by atoms with Gasteiger partial charge in [0.25, 0.3) is 0 Å². The van der Waals surface area contributed by atoms with Gasteiger partial charge in [0.1, 0.15) is 12.8 Å². The van der Waals surface area contributed by atoms with Crippen molar-refractivity contribution in [3.05, 3.63) is 96.0 Å². The number of aliphatic hydroxyl groups excluding tert-OH is 1. The van der Waals surface area contributed by atoms with E-state index in [0.29, 0.717) is 30.3 Å². The highest BCUT2D eigenvalue weighted by molar-refractivity contribution is 5.75. The molecule has 9 heteroatoms. The van der Waals surface area contributed by atoms with E-state index in [2.05, 4.69) is 16.0 Å². The average Bonchev–Trinajstić information content (AvgIpc) is 2.98. The Balaban J connectivity index is 1.24. The molecule has 3 aromatic rings. The lowest BCUT2D eigenvalue weighted by Gasteiger charge is -2.34. The fraction of sp³-hybridized carbons (Fsp3) is 0.290. The number of hydrogen-bond acceptors (Lipinski definition) is 8. The number of nitriles is 1. The van der Waals surface area contributed by atoms with Crippen molar-refractivity contribution in [1.29, 1.82) is 5.26 Å². The van der Waals surface area contributed by atoms with E-state index < -0.39 is 12.2 Å². The lowest BCUT2D eigenvalue weighted by Crippen LogP contribution is -2.45. The van der Waals surface area contributed by atoms with Gasteiger partial charge in [-0.3, -0.25) is 9.69 Å². The maximum Gasteiger partial charge on any atom is 0.317 e. The first-order valence-corrected chi connectivity index (χ1v) is 13.3. The van der Waals surface area contributed by atoms with E-state index in [1.807, 2.05) is 64.5 Å². The predicted octanol–water partition coefficient (Wildman–Crippen LogP) is 4.06. The van der Waals surface area contributed by atoms with Crippen LogP contribution in [0.5, 0.6) is 5.75 Å². The topological polar surface area (TPSA) is 123 Å². The van der Waals surface area contributed by atoms with E-state index in [1.54, 1.807) is 24.5 Å². The second-order valence-electron chi connectivity index (χ2n) is 9.99. The molecule has 2 atom stereocenters. The van der Waals surface area contributed by atoms with Gasteiger partial charge in [-0.2, -0.15) is 5.26 Å². The summed E-state index contributed by atoms with van der Waals surface area (Å²) in [6.45, 7) is 1.66. The lowest BCUT2D eigenvalue weighted by molar-refractivity contribution is -0.139. The number of carboxylic acids is 1. The highest BCUT2D eigenvalue weighted by Crippen LogP contribution is 2.26. The number of aliphatic carboxylic acids is 1. The SMILES string of the molecule is N#Cc1cccc(C2=CN(Cc3cccc(-c4ncc(OCC5CCCCN5CC(=O)O)cn4)c3)C(O)C=C2)c1. The molecule has 0 radical (unpaired) electrons. The van der Waals surface area contributed by atoms with Gasteiger partial charge in [0.15, 0.2) is 11.6 Å². The van der Waals surface area contributed by atoms with Gasteiger partial charge in [-0.25, -0.2) is 9.97 Å². The van der Waals surface area contributed by atoms with E-state index in [9.17, 15) is 20.3 Å². The van der Waals surface area contributed by atoms with E-state index in [1.165, 1.54) is 0 Å². The third-order valence-corrected chi connectivity index (χ3v) is 7.13. The number of hydrogen-bond donors (Lipinski definition) is 2. The van der Waals surface area contributed by atoms with Gasteiger partial charge in [-0.1, -0.05) is 42.8 Å². The van der Waals surface area contributed by atoms with Crippen molar-refractivity contribution in [3.8, 4) is 23.2 Å². The summed E-state index contributed by atoms with van der Waals surface area (Å²) in [4.78, 5) is 24.0. The van der Waals surface area contributed by atoms with Crippen LogP contribution in [0.3, 0.4) is 0 Å². The van der Waals surface area contributed by atoms with Crippen LogP contribution in [0.4, 0.5) is 0 Å². The second-order valence-corrected chi connectivity index (χ2v) is 9.99. The van der Waals surface area contributed by atoms with E-state index in [0.717, 1.165) is 48.1 Å². The van der Waals surface area contributed by atoms with Gasteiger partial charge in [0.2, 0.25) is 0 Å². The number of aliphatic hydroxyl groups is 1. The van der Waals surface area contributed by atoms with Crippen LogP contribution in [-0.2, 0) is 11.3 Å². The summed E-state index contributed by atoms with van der Waals surface area (Å²) in [7, 11) is 0. The number of carbonyl (C=O) groups is 1. The quantitative estimate of drug-likeness (QED) is 0.416. The maximum atomic E-state index is 11.2. The zero-order valence-electron chi connectivity index (χ0n) is 22.1. The summed E-state index contributed by atoms with van der Waals surface area (Å²) in [5, 5.41) is 29.0. The van der Waals surface area contributed by atoms with Gasteiger partial charge in [-0.15, -0.1) is 0 Å². The molecule has 3 heterocycles. The van der Waals surface area contributed by atoms with Crippen LogP contribution in [0.2, 0.25) is 0 Å². The normalized spacial score (nSPS) is 19.1. The van der Waals surface area contributed by atoms with Gasteiger partial charge in [0.05, 0.1) is 30.6 Å². The van der Waals surface area contributed by atoms with Crippen molar-refractivity contribution in [2.45, 2.75) is 38.1 Å². The zero-order valence-corrected chi connectivity index (χ0v) is 22.1. The molecule has 0 saturated carbocycles. The third kappa shape index (κ3) is 6.72. The first-order valence-electron chi connectivity index (χ1n) is 13.3. The summed E-state index contributed by atoms with van der Waals surface area (Å²) >= 11 is 0. The molecule has 2 aromatic carbocycles. The minimum Gasteiger partial charge on any atom is -0.489 e. The molecule has 0 aliphatic carbocycles. The Labute approximate surface area is 233 Å². The van der Waals surface area contributed by atoms with Crippen LogP contribution >= 0.6 is 0 Å². The number of piperidine rings is 1. The molecule has 1 saturated heterocycles. The van der Waals surface area contributed by atoms with E-state index in [4.69, 9.17) is 4.74 Å². The molecule has 204 valence electrons. The molecular formula is C31H31N5O4. The molecule has 40 heavy (non-hydrogen) atoms. The van der Waals surface area contributed by atoms with Crippen molar-refractivity contribution in [3.63, 3.8) is 0 Å². The lowest BCUT2D eigenvalue weighted by atomic mass is 10.0. The van der Waals surface area contributed by atoms with Gasteiger partial charge < -0.3 is 19.8 Å². The monoisotopic (exact) mass is 537 g/mol. The summed E-state index contributed by atoms with van der Waals surface area (Å²) in [5.74, 6) is 0.278. The maximum absolute atomic E-state index is 11.2. The number of benzene rings is 2. The van der Waals surface area contributed by atoms with E-state index >= 15 is 0 Å². The van der Waals surface area contributed by atoms with Gasteiger partial charge in [-0.05, 0) is 60.4 Å². The number of likely N-dealkylation sites (tertiary alicyclic amines) is 1. The van der Waals surface area contributed by atoms with Crippen LogP contribution in [0.25, 0.3) is 17.0 Å².